The summed E-state index contributed by atoms with van der Waals surface area (Å²) < 4.78 is 0. The van der Waals surface area contributed by atoms with Gasteiger partial charge < -0.3 is 15.2 Å². The number of amides is 1. The van der Waals surface area contributed by atoms with Gasteiger partial charge in [-0.25, -0.2) is 0 Å². The molecule has 4 heteroatoms. The molecule has 0 aromatic carbocycles. The van der Waals surface area contributed by atoms with Crippen LogP contribution in [0.5, 0.6) is 0 Å². The second kappa shape index (κ2) is 6.04. The van der Waals surface area contributed by atoms with E-state index in [1.807, 2.05) is 12.2 Å². The number of carboxylic acid groups (broad SMARTS) is 1. The lowest BCUT2D eigenvalue weighted by Gasteiger charge is -2.28. The Balaban J connectivity index is 1.54. The summed E-state index contributed by atoms with van der Waals surface area (Å²) in [5.41, 5.74) is 1.42. The zero-order valence-corrected chi connectivity index (χ0v) is 12.2. The van der Waals surface area contributed by atoms with Crippen molar-refractivity contribution >= 4 is 11.9 Å². The number of hydrogen-bond acceptors (Lipinski definition) is 3. The second-order valence-corrected chi connectivity index (χ2v) is 6.47. The maximum Gasteiger partial charge on any atom is 0.224 e. The average Bonchev–Trinajstić information content (AvgIpc) is 3.08. The fourth-order valence-electron chi connectivity index (χ4n) is 4.10. The van der Waals surface area contributed by atoms with Gasteiger partial charge in [-0.1, -0.05) is 23.8 Å². The summed E-state index contributed by atoms with van der Waals surface area (Å²) in [6.07, 6.45) is 12.7. The molecule has 0 aromatic rings. The van der Waals surface area contributed by atoms with Crippen LogP contribution >= 0.6 is 0 Å². The Morgan fingerprint density at radius 3 is 2.62 bits per heavy atom. The highest BCUT2D eigenvalue weighted by Crippen LogP contribution is 2.47. The van der Waals surface area contributed by atoms with Gasteiger partial charge in [0.15, 0.2) is 0 Å². The van der Waals surface area contributed by atoms with E-state index in [1.54, 1.807) is 0 Å². The zero-order chi connectivity index (χ0) is 14.8. The number of rotatable bonds is 5. The van der Waals surface area contributed by atoms with Crippen LogP contribution in [0.1, 0.15) is 38.5 Å². The third-order valence-corrected chi connectivity index (χ3v) is 5.16. The molecule has 0 heterocycles. The minimum atomic E-state index is -1.08. The van der Waals surface area contributed by atoms with Gasteiger partial charge in [0.1, 0.15) is 0 Å². The van der Waals surface area contributed by atoms with Crippen LogP contribution in [0.15, 0.2) is 23.8 Å². The van der Waals surface area contributed by atoms with Crippen LogP contribution in [0.2, 0.25) is 0 Å². The van der Waals surface area contributed by atoms with Gasteiger partial charge >= 0.3 is 0 Å². The van der Waals surface area contributed by atoms with E-state index in [-0.39, 0.29) is 17.7 Å². The molecule has 3 aliphatic carbocycles. The topological polar surface area (TPSA) is 69.2 Å². The first-order chi connectivity index (χ1) is 10.2. The molecule has 3 aliphatic rings. The fourth-order valence-corrected chi connectivity index (χ4v) is 4.10. The number of fused-ring (bicyclic) bond motifs is 2. The molecule has 0 radical (unpaired) electrons. The minimum Gasteiger partial charge on any atom is -0.550 e. The van der Waals surface area contributed by atoms with E-state index in [1.165, 1.54) is 18.4 Å². The third-order valence-electron chi connectivity index (χ3n) is 5.16. The molecule has 1 fully saturated rings. The molecular weight excluding hydrogens is 266 g/mol. The molecule has 1 amide bonds. The smallest absolute Gasteiger partial charge is 0.224 e. The van der Waals surface area contributed by atoms with Crippen LogP contribution in [0.3, 0.4) is 0 Å². The predicted octanol–water partition coefficient (Wildman–Crippen LogP) is 1.18. The highest BCUT2D eigenvalue weighted by atomic mass is 16.4. The van der Waals surface area contributed by atoms with Crippen LogP contribution in [0.4, 0.5) is 0 Å². The molecule has 2 bridgehead atoms. The Bertz CT molecular complexity index is 494. The van der Waals surface area contributed by atoms with Gasteiger partial charge in [-0.3, -0.25) is 4.79 Å². The average molecular weight is 288 g/mol. The molecule has 0 saturated heterocycles. The normalized spacial score (nSPS) is 33.8. The van der Waals surface area contributed by atoms with Crippen molar-refractivity contribution in [3.63, 3.8) is 0 Å². The summed E-state index contributed by atoms with van der Waals surface area (Å²) in [5.74, 6) is -2.22. The maximum absolute atomic E-state index is 12.3. The number of aliphatic carboxylic acids is 1. The first kappa shape index (κ1) is 14.4. The zero-order valence-electron chi connectivity index (χ0n) is 12.2. The largest absolute Gasteiger partial charge is 0.550 e. The molecule has 0 aromatic heterocycles. The standard InChI is InChI=1S/C17H23NO3/c19-16(18-9-8-11-4-2-1-3-5-11)14-12-6-7-13(10-12)15(14)17(20)21/h4,6-7,12-15H,1-3,5,8-10H2,(H,18,19)(H,20,21)/p-1/t12-,13+,14+,15+/m1/s1. The van der Waals surface area contributed by atoms with Gasteiger partial charge in [0.25, 0.3) is 0 Å². The van der Waals surface area contributed by atoms with Crippen LogP contribution < -0.4 is 10.4 Å². The van der Waals surface area contributed by atoms with Crippen LogP contribution in [-0.4, -0.2) is 18.4 Å². The number of hydrogen-bond donors (Lipinski definition) is 1. The van der Waals surface area contributed by atoms with Crippen molar-refractivity contribution in [2.45, 2.75) is 38.5 Å². The fraction of sp³-hybridized carbons (Fsp3) is 0.647. The summed E-state index contributed by atoms with van der Waals surface area (Å²) in [4.78, 5) is 23.6. The van der Waals surface area contributed by atoms with Crippen LogP contribution in [0.25, 0.3) is 0 Å². The van der Waals surface area contributed by atoms with E-state index in [0.29, 0.717) is 6.54 Å². The Kier molecular flexibility index (Phi) is 4.13. The first-order valence-electron chi connectivity index (χ1n) is 8.01. The van der Waals surface area contributed by atoms with E-state index < -0.39 is 17.8 Å². The minimum absolute atomic E-state index is 0.0168. The molecule has 1 N–H and O–H groups in total. The summed E-state index contributed by atoms with van der Waals surface area (Å²) in [6, 6.07) is 0. The van der Waals surface area contributed by atoms with Crippen LogP contribution in [0, 0.1) is 23.7 Å². The molecule has 114 valence electrons. The Hall–Kier alpha value is -1.58. The molecular formula is C17H22NO3-. The maximum atomic E-state index is 12.3. The first-order valence-corrected chi connectivity index (χ1v) is 8.01. The Morgan fingerprint density at radius 1 is 1.19 bits per heavy atom. The van der Waals surface area contributed by atoms with Crippen molar-refractivity contribution < 1.29 is 14.7 Å². The summed E-state index contributed by atoms with van der Waals surface area (Å²) >= 11 is 0. The van der Waals surface area contributed by atoms with Gasteiger partial charge in [0.05, 0.1) is 5.92 Å². The molecule has 21 heavy (non-hydrogen) atoms. The lowest BCUT2D eigenvalue weighted by atomic mass is 9.82. The Labute approximate surface area is 125 Å². The van der Waals surface area contributed by atoms with E-state index >= 15 is 0 Å². The monoisotopic (exact) mass is 288 g/mol. The number of carboxylic acids is 1. The molecule has 1 saturated carbocycles. The van der Waals surface area contributed by atoms with Crippen molar-refractivity contribution in [3.8, 4) is 0 Å². The predicted molar refractivity (Wildman–Crippen MR) is 76.9 cm³/mol. The molecule has 3 rings (SSSR count). The highest BCUT2D eigenvalue weighted by molar-refractivity contribution is 5.86. The van der Waals surface area contributed by atoms with Gasteiger partial charge in [0, 0.05) is 18.4 Å². The molecule has 0 spiro atoms. The van der Waals surface area contributed by atoms with Crippen molar-refractivity contribution in [1.29, 1.82) is 0 Å². The lowest BCUT2D eigenvalue weighted by molar-refractivity contribution is -0.313. The van der Waals surface area contributed by atoms with Crippen molar-refractivity contribution in [1.82, 2.24) is 5.32 Å². The molecule has 4 atom stereocenters. The van der Waals surface area contributed by atoms with Crippen LogP contribution in [-0.2, 0) is 9.59 Å². The molecule has 0 unspecified atom stereocenters. The van der Waals surface area contributed by atoms with Crippen molar-refractivity contribution in [3.05, 3.63) is 23.8 Å². The third kappa shape index (κ3) is 2.89. The summed E-state index contributed by atoms with van der Waals surface area (Å²) in [6.45, 7) is 0.613. The highest BCUT2D eigenvalue weighted by Gasteiger charge is 2.48. The van der Waals surface area contributed by atoms with Gasteiger partial charge in [-0.05, 0) is 50.4 Å². The second-order valence-electron chi connectivity index (χ2n) is 6.47. The number of carbonyl (C=O) groups excluding carboxylic acids is 2. The molecule has 4 nitrogen and oxygen atoms in total. The van der Waals surface area contributed by atoms with E-state index in [9.17, 15) is 14.7 Å². The van der Waals surface area contributed by atoms with Gasteiger partial charge in [-0.2, -0.15) is 0 Å². The van der Waals surface area contributed by atoms with Gasteiger partial charge in [-0.15, -0.1) is 0 Å². The summed E-state index contributed by atoms with van der Waals surface area (Å²) in [5, 5.41) is 14.2. The van der Waals surface area contributed by atoms with Gasteiger partial charge in [0.2, 0.25) is 5.91 Å². The SMILES string of the molecule is O=C(NCCC1=CCCCC1)[C@@H]1[C@@H](C(=O)[O-])[C@H]2C=C[C@@H]1C2. The lowest BCUT2D eigenvalue weighted by Crippen LogP contribution is -2.45. The van der Waals surface area contributed by atoms with E-state index in [0.717, 1.165) is 25.7 Å². The number of allylic oxidation sites excluding steroid dienone is 3. The van der Waals surface area contributed by atoms with Crippen molar-refractivity contribution in [2.75, 3.05) is 6.54 Å². The van der Waals surface area contributed by atoms with E-state index in [4.69, 9.17) is 0 Å². The summed E-state index contributed by atoms with van der Waals surface area (Å²) in [7, 11) is 0. The number of nitrogens with one attached hydrogen (secondary N) is 1. The van der Waals surface area contributed by atoms with Crippen molar-refractivity contribution in [2.24, 2.45) is 23.7 Å². The molecule has 0 aliphatic heterocycles. The Morgan fingerprint density at radius 2 is 1.95 bits per heavy atom. The number of carbonyl (C=O) groups is 2. The quantitative estimate of drug-likeness (QED) is 0.772. The van der Waals surface area contributed by atoms with E-state index in [2.05, 4.69) is 11.4 Å².